The van der Waals surface area contributed by atoms with Crippen LogP contribution in [0.4, 0.5) is 10.5 Å². The lowest BCUT2D eigenvalue weighted by molar-refractivity contribution is 0.0205. The number of anilines is 1. The first-order valence-electron chi connectivity index (χ1n) is 9.71. The van der Waals surface area contributed by atoms with Crippen LogP contribution in [0.2, 0.25) is 0 Å². The molecule has 1 aromatic carbocycles. The summed E-state index contributed by atoms with van der Waals surface area (Å²) < 4.78 is 11.2. The fraction of sp³-hybridized carbons (Fsp3) is 0.455. The fourth-order valence-corrected chi connectivity index (χ4v) is 3.25. The van der Waals surface area contributed by atoms with Gasteiger partial charge in [0.1, 0.15) is 18.0 Å². The molecule has 1 aliphatic heterocycles. The summed E-state index contributed by atoms with van der Waals surface area (Å²) >= 11 is 0. The predicted octanol–water partition coefficient (Wildman–Crippen LogP) is 4.36. The number of ether oxygens (including phenoxy) is 2. The van der Waals surface area contributed by atoms with Gasteiger partial charge in [0.15, 0.2) is 0 Å². The summed E-state index contributed by atoms with van der Waals surface area (Å²) in [6, 6.07) is 11.5. The maximum Gasteiger partial charge on any atom is 0.410 e. The molecule has 2 heterocycles. The van der Waals surface area contributed by atoms with Crippen molar-refractivity contribution in [3.05, 3.63) is 53.9 Å². The van der Waals surface area contributed by atoms with E-state index in [9.17, 15) is 4.79 Å². The number of hydrogen-bond donors (Lipinski definition) is 1. The number of benzene rings is 1. The molecule has 0 spiro atoms. The second kappa shape index (κ2) is 8.50. The molecule has 28 heavy (non-hydrogen) atoms. The van der Waals surface area contributed by atoms with Gasteiger partial charge in [-0.1, -0.05) is 12.1 Å². The van der Waals surface area contributed by atoms with Crippen LogP contribution < -0.4 is 10.5 Å². The van der Waals surface area contributed by atoms with Crippen molar-refractivity contribution in [3.63, 3.8) is 0 Å². The summed E-state index contributed by atoms with van der Waals surface area (Å²) in [6.07, 6.45) is 3.53. The Morgan fingerprint density at radius 1 is 1.21 bits per heavy atom. The zero-order valence-electron chi connectivity index (χ0n) is 16.9. The lowest BCUT2D eigenvalue weighted by atomic mass is 9.90. The van der Waals surface area contributed by atoms with E-state index in [-0.39, 0.29) is 6.09 Å². The van der Waals surface area contributed by atoms with Gasteiger partial charge in [0, 0.05) is 31.0 Å². The van der Waals surface area contributed by atoms with Gasteiger partial charge in [0.2, 0.25) is 0 Å². The molecule has 1 amide bonds. The van der Waals surface area contributed by atoms with E-state index in [1.54, 1.807) is 11.0 Å². The number of nitrogens with two attached hydrogens (primary N) is 1. The van der Waals surface area contributed by atoms with Crippen molar-refractivity contribution in [1.82, 2.24) is 9.88 Å². The van der Waals surface area contributed by atoms with Crippen molar-refractivity contribution in [2.45, 2.75) is 51.7 Å². The van der Waals surface area contributed by atoms with E-state index in [0.29, 0.717) is 31.3 Å². The number of hydrogen-bond acceptors (Lipinski definition) is 5. The van der Waals surface area contributed by atoms with Crippen LogP contribution in [0.1, 0.15) is 50.8 Å². The van der Waals surface area contributed by atoms with Crippen LogP contribution in [0.25, 0.3) is 0 Å². The third-order valence-corrected chi connectivity index (χ3v) is 4.71. The van der Waals surface area contributed by atoms with Gasteiger partial charge in [-0.3, -0.25) is 4.98 Å². The highest BCUT2D eigenvalue weighted by molar-refractivity contribution is 5.68. The van der Waals surface area contributed by atoms with Crippen LogP contribution >= 0.6 is 0 Å². The first kappa shape index (κ1) is 20.0. The molecule has 1 aromatic heterocycles. The molecular weight excluding hydrogens is 354 g/mol. The van der Waals surface area contributed by atoms with Crippen LogP contribution in [0, 0.1) is 0 Å². The van der Waals surface area contributed by atoms with Crippen molar-refractivity contribution in [3.8, 4) is 5.75 Å². The van der Waals surface area contributed by atoms with E-state index in [4.69, 9.17) is 15.2 Å². The number of piperidine rings is 1. The van der Waals surface area contributed by atoms with E-state index in [1.807, 2.05) is 51.2 Å². The molecule has 6 heteroatoms. The van der Waals surface area contributed by atoms with E-state index in [2.05, 4.69) is 11.1 Å². The van der Waals surface area contributed by atoms with Crippen molar-refractivity contribution >= 4 is 11.8 Å². The molecule has 1 aliphatic rings. The lowest BCUT2D eigenvalue weighted by Gasteiger charge is -2.33. The van der Waals surface area contributed by atoms with Gasteiger partial charge < -0.3 is 20.1 Å². The zero-order chi connectivity index (χ0) is 20.1. The monoisotopic (exact) mass is 383 g/mol. The normalized spacial score (nSPS) is 15.3. The second-order valence-electron chi connectivity index (χ2n) is 8.19. The summed E-state index contributed by atoms with van der Waals surface area (Å²) in [6.45, 7) is 7.49. The number of pyridine rings is 1. The van der Waals surface area contributed by atoms with Gasteiger partial charge in [0.25, 0.3) is 0 Å². The van der Waals surface area contributed by atoms with E-state index < -0.39 is 5.60 Å². The number of carbonyl (C=O) groups excluding carboxylic acids is 1. The molecule has 3 rings (SSSR count). The van der Waals surface area contributed by atoms with Gasteiger partial charge in [-0.15, -0.1) is 0 Å². The molecule has 150 valence electrons. The summed E-state index contributed by atoms with van der Waals surface area (Å²) in [4.78, 5) is 18.5. The first-order chi connectivity index (χ1) is 13.3. The number of amides is 1. The highest BCUT2D eigenvalue weighted by Gasteiger charge is 2.27. The fourth-order valence-electron chi connectivity index (χ4n) is 3.25. The van der Waals surface area contributed by atoms with Gasteiger partial charge in [0.05, 0.1) is 5.69 Å². The largest absolute Gasteiger partial charge is 0.487 e. The molecule has 6 nitrogen and oxygen atoms in total. The maximum atomic E-state index is 12.2. The number of aromatic nitrogens is 1. The number of nitrogens with zero attached hydrogens (tertiary/aromatic N) is 2. The third kappa shape index (κ3) is 5.62. The molecule has 0 radical (unpaired) electrons. The predicted molar refractivity (Wildman–Crippen MR) is 109 cm³/mol. The van der Waals surface area contributed by atoms with Crippen molar-refractivity contribution in [2.75, 3.05) is 18.8 Å². The van der Waals surface area contributed by atoms with Gasteiger partial charge in [-0.2, -0.15) is 0 Å². The Labute approximate surface area is 166 Å². The average Bonchev–Trinajstić information content (AvgIpc) is 2.66. The average molecular weight is 383 g/mol. The van der Waals surface area contributed by atoms with Crippen molar-refractivity contribution in [1.29, 1.82) is 0 Å². The number of rotatable bonds is 4. The molecule has 2 aromatic rings. The Bertz CT molecular complexity index is 791. The molecule has 1 saturated heterocycles. The summed E-state index contributed by atoms with van der Waals surface area (Å²) in [7, 11) is 0. The minimum atomic E-state index is -0.457. The molecule has 0 saturated carbocycles. The van der Waals surface area contributed by atoms with Gasteiger partial charge in [-0.05, 0) is 63.3 Å². The van der Waals surface area contributed by atoms with Crippen LogP contribution in [0.3, 0.4) is 0 Å². The van der Waals surface area contributed by atoms with Crippen molar-refractivity contribution in [2.24, 2.45) is 0 Å². The summed E-state index contributed by atoms with van der Waals surface area (Å²) in [5.41, 5.74) is 8.06. The Kier molecular flexibility index (Phi) is 6.07. The minimum Gasteiger partial charge on any atom is -0.487 e. The number of carbonyl (C=O) groups is 1. The SMILES string of the molecule is CC(C)(C)OC(=O)N1CCC(c2ccc(COc3cccc(N)c3)nc2)CC1. The number of likely N-dealkylation sites (tertiary alicyclic amines) is 1. The molecule has 0 atom stereocenters. The van der Waals surface area contributed by atoms with E-state index in [1.165, 1.54) is 5.56 Å². The Morgan fingerprint density at radius 3 is 2.57 bits per heavy atom. The smallest absolute Gasteiger partial charge is 0.410 e. The van der Waals surface area contributed by atoms with Gasteiger partial charge >= 0.3 is 6.09 Å². The molecule has 1 fully saturated rings. The minimum absolute atomic E-state index is 0.224. The summed E-state index contributed by atoms with van der Waals surface area (Å²) in [5, 5.41) is 0. The Morgan fingerprint density at radius 2 is 1.96 bits per heavy atom. The Hall–Kier alpha value is -2.76. The van der Waals surface area contributed by atoms with Crippen LogP contribution in [-0.4, -0.2) is 34.7 Å². The highest BCUT2D eigenvalue weighted by atomic mass is 16.6. The van der Waals surface area contributed by atoms with Crippen LogP contribution in [0.15, 0.2) is 42.6 Å². The molecular formula is C22H29N3O3. The van der Waals surface area contributed by atoms with E-state index in [0.717, 1.165) is 24.3 Å². The first-order valence-corrected chi connectivity index (χ1v) is 9.71. The van der Waals surface area contributed by atoms with Crippen LogP contribution in [0.5, 0.6) is 5.75 Å². The number of nitrogen functional groups attached to an aromatic ring is 1. The molecule has 0 bridgehead atoms. The summed E-state index contributed by atoms with van der Waals surface area (Å²) in [5.74, 6) is 1.15. The quantitative estimate of drug-likeness (QED) is 0.794. The highest BCUT2D eigenvalue weighted by Crippen LogP contribution is 2.28. The van der Waals surface area contributed by atoms with Crippen LogP contribution in [-0.2, 0) is 11.3 Å². The maximum absolute atomic E-state index is 12.2. The third-order valence-electron chi connectivity index (χ3n) is 4.71. The van der Waals surface area contributed by atoms with Gasteiger partial charge in [-0.25, -0.2) is 4.79 Å². The zero-order valence-corrected chi connectivity index (χ0v) is 16.9. The second-order valence-corrected chi connectivity index (χ2v) is 8.19. The molecule has 2 N–H and O–H groups in total. The standard InChI is InChI=1S/C22H29N3O3/c1-22(2,3)28-21(26)25-11-9-16(10-12-25)17-7-8-19(24-14-17)15-27-20-6-4-5-18(23)13-20/h4-8,13-14,16H,9-12,15,23H2,1-3H3. The molecule has 0 unspecified atom stereocenters. The van der Waals surface area contributed by atoms with E-state index >= 15 is 0 Å². The topological polar surface area (TPSA) is 77.7 Å². The lowest BCUT2D eigenvalue weighted by Crippen LogP contribution is -2.41. The van der Waals surface area contributed by atoms with Crippen molar-refractivity contribution < 1.29 is 14.3 Å². The molecule has 0 aliphatic carbocycles. The Balaban J connectivity index is 1.50.